The topological polar surface area (TPSA) is 4.93 Å². The van der Waals surface area contributed by atoms with Gasteiger partial charge in [-0.15, -0.1) is 0 Å². The van der Waals surface area contributed by atoms with Crippen LogP contribution in [0.3, 0.4) is 0 Å². The zero-order chi connectivity index (χ0) is 13.9. The van der Waals surface area contributed by atoms with E-state index in [1.165, 1.54) is 31.2 Å². The summed E-state index contributed by atoms with van der Waals surface area (Å²) in [5.41, 5.74) is 7.99. The zero-order valence-electron chi connectivity index (χ0n) is 12.8. The van der Waals surface area contributed by atoms with Gasteiger partial charge >= 0.3 is 0 Å². The second-order valence-corrected chi connectivity index (χ2v) is 5.84. The predicted molar refractivity (Wildman–Crippen MR) is 85.4 cm³/mol. The highest BCUT2D eigenvalue weighted by Gasteiger charge is 2.22. The molecular formula is C19H25N. The summed E-state index contributed by atoms with van der Waals surface area (Å²) in [5, 5.41) is 0. The van der Waals surface area contributed by atoms with E-state index in [0.29, 0.717) is 0 Å². The average molecular weight is 267 g/mol. The van der Waals surface area contributed by atoms with E-state index in [0.717, 1.165) is 19.4 Å². The van der Waals surface area contributed by atoms with E-state index < -0.39 is 0 Å². The molecule has 1 nitrogen and oxygen atoms in total. The first kappa shape index (κ1) is 13.5. The van der Waals surface area contributed by atoms with Crippen molar-refractivity contribution in [3.8, 4) is 0 Å². The fourth-order valence-electron chi connectivity index (χ4n) is 3.80. The van der Waals surface area contributed by atoms with Gasteiger partial charge in [0.2, 0.25) is 0 Å². The van der Waals surface area contributed by atoms with Crippen molar-refractivity contribution in [2.24, 2.45) is 0 Å². The second kappa shape index (κ2) is 5.87. The highest BCUT2D eigenvalue weighted by Crippen LogP contribution is 2.31. The molecule has 106 valence electrons. The summed E-state index contributed by atoms with van der Waals surface area (Å²) in [6.45, 7) is 5.66. The highest BCUT2D eigenvalue weighted by atomic mass is 15.0. The minimum Gasteiger partial charge on any atom is -0.344 e. The second-order valence-electron chi connectivity index (χ2n) is 5.84. The summed E-state index contributed by atoms with van der Waals surface area (Å²) in [6, 6.07) is 10.9. The molecule has 1 aliphatic rings. The lowest BCUT2D eigenvalue weighted by Crippen LogP contribution is -2.08. The molecule has 0 saturated carbocycles. The van der Waals surface area contributed by atoms with Crippen LogP contribution in [0, 0.1) is 0 Å². The fourth-order valence-corrected chi connectivity index (χ4v) is 3.80. The molecule has 0 saturated heterocycles. The van der Waals surface area contributed by atoms with E-state index in [1.807, 2.05) is 0 Å². The van der Waals surface area contributed by atoms with Crippen molar-refractivity contribution in [2.45, 2.75) is 58.9 Å². The number of rotatable bonds is 4. The molecule has 20 heavy (non-hydrogen) atoms. The molecule has 0 atom stereocenters. The van der Waals surface area contributed by atoms with Gasteiger partial charge in [0.15, 0.2) is 0 Å². The van der Waals surface area contributed by atoms with Crippen LogP contribution >= 0.6 is 0 Å². The van der Waals surface area contributed by atoms with E-state index in [9.17, 15) is 0 Å². The first-order valence-electron chi connectivity index (χ1n) is 8.11. The molecule has 0 unspecified atom stereocenters. The van der Waals surface area contributed by atoms with Crippen LogP contribution in [0.25, 0.3) is 0 Å². The third kappa shape index (κ3) is 2.30. The quantitative estimate of drug-likeness (QED) is 0.766. The number of benzene rings is 1. The molecule has 1 aromatic carbocycles. The van der Waals surface area contributed by atoms with Crippen LogP contribution in [0.1, 0.15) is 54.8 Å². The Bertz CT molecular complexity index is 546. The molecule has 0 aliphatic heterocycles. The molecule has 3 rings (SSSR count). The smallest absolute Gasteiger partial charge is 0.0475 e. The van der Waals surface area contributed by atoms with Crippen LogP contribution in [0.4, 0.5) is 0 Å². The van der Waals surface area contributed by atoms with Crippen LogP contribution in [-0.2, 0) is 32.2 Å². The lowest BCUT2D eigenvalue weighted by molar-refractivity contribution is 0.681. The van der Waals surface area contributed by atoms with Crippen LogP contribution in [0.5, 0.6) is 0 Å². The molecule has 1 heterocycles. The van der Waals surface area contributed by atoms with Crippen LogP contribution in [0.2, 0.25) is 0 Å². The highest BCUT2D eigenvalue weighted by molar-refractivity contribution is 5.41. The molecule has 0 radical (unpaired) electrons. The standard InChI is InChI=1S/C19H25N/c1-3-18-16-12-8-9-13-17(16)19(4-2)20(18)14-15-10-6-5-7-11-15/h5-7,10-11H,3-4,8-9,12-14H2,1-2H3. The molecule has 1 aromatic heterocycles. The molecular weight excluding hydrogens is 242 g/mol. The Kier molecular flexibility index (Phi) is 3.95. The Morgan fingerprint density at radius 2 is 1.40 bits per heavy atom. The minimum absolute atomic E-state index is 1.04. The number of hydrogen-bond acceptors (Lipinski definition) is 0. The summed E-state index contributed by atoms with van der Waals surface area (Å²) in [6.07, 6.45) is 7.67. The monoisotopic (exact) mass is 267 g/mol. The van der Waals surface area contributed by atoms with E-state index >= 15 is 0 Å². The maximum absolute atomic E-state index is 2.62. The van der Waals surface area contributed by atoms with Crippen molar-refractivity contribution in [3.05, 3.63) is 58.4 Å². The van der Waals surface area contributed by atoms with Crippen molar-refractivity contribution >= 4 is 0 Å². The van der Waals surface area contributed by atoms with Gasteiger partial charge in [-0.3, -0.25) is 0 Å². The van der Waals surface area contributed by atoms with Crippen molar-refractivity contribution in [1.29, 1.82) is 0 Å². The van der Waals surface area contributed by atoms with Crippen molar-refractivity contribution < 1.29 is 0 Å². The average Bonchev–Trinajstić information content (AvgIpc) is 2.80. The van der Waals surface area contributed by atoms with Gasteiger partial charge in [-0.25, -0.2) is 0 Å². The molecule has 0 amide bonds. The number of fused-ring (bicyclic) bond motifs is 1. The molecule has 0 bridgehead atoms. The van der Waals surface area contributed by atoms with Gasteiger partial charge in [-0.1, -0.05) is 44.2 Å². The van der Waals surface area contributed by atoms with Gasteiger partial charge in [-0.2, -0.15) is 0 Å². The van der Waals surface area contributed by atoms with Gasteiger partial charge in [0.1, 0.15) is 0 Å². The van der Waals surface area contributed by atoms with E-state index in [-0.39, 0.29) is 0 Å². The normalized spacial score (nSPS) is 14.3. The Hall–Kier alpha value is -1.50. The SMILES string of the molecule is CCc1c2c(c(CC)n1Cc1ccccc1)CCCC2. The van der Waals surface area contributed by atoms with E-state index in [1.54, 1.807) is 22.5 Å². The summed E-state index contributed by atoms with van der Waals surface area (Å²) in [5.74, 6) is 0. The first-order chi connectivity index (χ1) is 9.85. The lowest BCUT2D eigenvalue weighted by atomic mass is 9.91. The molecule has 0 N–H and O–H groups in total. The van der Waals surface area contributed by atoms with Crippen molar-refractivity contribution in [2.75, 3.05) is 0 Å². The molecule has 2 aromatic rings. The summed E-state index contributed by atoms with van der Waals surface area (Å²) in [7, 11) is 0. The van der Waals surface area contributed by atoms with Gasteiger partial charge in [0, 0.05) is 17.9 Å². The van der Waals surface area contributed by atoms with E-state index in [4.69, 9.17) is 0 Å². The number of nitrogens with zero attached hydrogens (tertiary/aromatic N) is 1. The van der Waals surface area contributed by atoms with Gasteiger partial charge in [-0.05, 0) is 55.2 Å². The molecule has 1 aliphatic carbocycles. The molecule has 1 heteroatoms. The maximum Gasteiger partial charge on any atom is 0.0475 e. The predicted octanol–water partition coefficient (Wildman–Crippen LogP) is 4.54. The maximum atomic E-state index is 2.62. The van der Waals surface area contributed by atoms with Crippen molar-refractivity contribution in [3.63, 3.8) is 0 Å². The minimum atomic E-state index is 1.04. The Morgan fingerprint density at radius 3 is 1.90 bits per heavy atom. The fraction of sp³-hybridized carbons (Fsp3) is 0.474. The Labute approximate surface area is 122 Å². The van der Waals surface area contributed by atoms with Crippen LogP contribution < -0.4 is 0 Å². The van der Waals surface area contributed by atoms with Crippen LogP contribution in [-0.4, -0.2) is 4.57 Å². The summed E-state index contributed by atoms with van der Waals surface area (Å²) >= 11 is 0. The largest absolute Gasteiger partial charge is 0.344 e. The van der Waals surface area contributed by atoms with E-state index in [2.05, 4.69) is 48.7 Å². The van der Waals surface area contributed by atoms with Gasteiger partial charge in [0.05, 0.1) is 0 Å². The van der Waals surface area contributed by atoms with Gasteiger partial charge < -0.3 is 4.57 Å². The van der Waals surface area contributed by atoms with Crippen LogP contribution in [0.15, 0.2) is 30.3 Å². The molecule has 0 spiro atoms. The number of aromatic nitrogens is 1. The Morgan fingerprint density at radius 1 is 0.850 bits per heavy atom. The summed E-state index contributed by atoms with van der Waals surface area (Å²) in [4.78, 5) is 0. The zero-order valence-corrected chi connectivity index (χ0v) is 12.8. The molecule has 0 fully saturated rings. The third-order valence-electron chi connectivity index (χ3n) is 4.67. The Balaban J connectivity index is 2.06. The first-order valence-corrected chi connectivity index (χ1v) is 8.11. The van der Waals surface area contributed by atoms with Crippen molar-refractivity contribution in [1.82, 2.24) is 4.57 Å². The lowest BCUT2D eigenvalue weighted by Gasteiger charge is -2.13. The summed E-state index contributed by atoms with van der Waals surface area (Å²) < 4.78 is 2.62. The number of hydrogen-bond donors (Lipinski definition) is 0. The third-order valence-corrected chi connectivity index (χ3v) is 4.67. The van der Waals surface area contributed by atoms with Gasteiger partial charge in [0.25, 0.3) is 0 Å².